The van der Waals surface area contributed by atoms with Crippen LogP contribution in [0.3, 0.4) is 0 Å². The quantitative estimate of drug-likeness (QED) is 0.829. The third-order valence-corrected chi connectivity index (χ3v) is 2.78. The number of anilines is 1. The highest BCUT2D eigenvalue weighted by Crippen LogP contribution is 2.42. The molecule has 16 heavy (non-hydrogen) atoms. The molecule has 1 fully saturated rings. The number of hydrogen-bond acceptors (Lipinski definition) is 4. The van der Waals surface area contributed by atoms with Gasteiger partial charge in [0.25, 0.3) is 0 Å². The van der Waals surface area contributed by atoms with E-state index in [4.69, 9.17) is 4.74 Å². The fourth-order valence-electron chi connectivity index (χ4n) is 1.85. The normalized spacial score (nSPS) is 17.2. The summed E-state index contributed by atoms with van der Waals surface area (Å²) in [6, 6.07) is 1.94. The predicted octanol–water partition coefficient (Wildman–Crippen LogP) is 2.31. The van der Waals surface area contributed by atoms with Gasteiger partial charge >= 0.3 is 0 Å². The molecule has 1 aromatic heterocycles. The molecule has 1 atom stereocenters. The number of aromatic nitrogens is 2. The van der Waals surface area contributed by atoms with Crippen molar-refractivity contribution in [1.82, 2.24) is 9.97 Å². The van der Waals surface area contributed by atoms with E-state index in [9.17, 15) is 0 Å². The Hall–Kier alpha value is -1.16. The first-order chi connectivity index (χ1) is 7.74. The van der Waals surface area contributed by atoms with Gasteiger partial charge in [-0.05, 0) is 32.6 Å². The molecule has 1 N–H and O–H groups in total. The lowest BCUT2D eigenvalue weighted by Crippen LogP contribution is -2.12. The molecule has 88 valence electrons. The molecule has 4 nitrogen and oxygen atoms in total. The lowest BCUT2D eigenvalue weighted by atomic mass is 10.2. The molecule has 0 aromatic carbocycles. The molecule has 0 saturated heterocycles. The highest BCUT2D eigenvalue weighted by atomic mass is 16.5. The largest absolute Gasteiger partial charge is 0.373 e. The summed E-state index contributed by atoms with van der Waals surface area (Å²) in [5.41, 5.74) is 0.986. The lowest BCUT2D eigenvalue weighted by molar-refractivity contribution is 0.0400. The number of aryl methyl sites for hydroxylation is 1. The zero-order valence-electron chi connectivity index (χ0n) is 10.2. The van der Waals surface area contributed by atoms with Crippen molar-refractivity contribution in [3.63, 3.8) is 0 Å². The predicted molar refractivity (Wildman–Crippen MR) is 63.4 cm³/mol. The van der Waals surface area contributed by atoms with E-state index in [1.165, 1.54) is 12.8 Å². The molecule has 1 aliphatic rings. The van der Waals surface area contributed by atoms with E-state index in [0.29, 0.717) is 12.5 Å². The van der Waals surface area contributed by atoms with Gasteiger partial charge in [0.05, 0.1) is 0 Å². The van der Waals surface area contributed by atoms with Crippen molar-refractivity contribution >= 4 is 5.82 Å². The van der Waals surface area contributed by atoms with Crippen LogP contribution in [0.2, 0.25) is 0 Å². The summed E-state index contributed by atoms with van der Waals surface area (Å²) in [5, 5.41) is 3.06. The van der Waals surface area contributed by atoms with Gasteiger partial charge in [-0.3, -0.25) is 0 Å². The minimum Gasteiger partial charge on any atom is -0.373 e. The Bertz CT molecular complexity index is 363. The summed E-state index contributed by atoms with van der Waals surface area (Å²) in [4.78, 5) is 8.97. The third kappa shape index (κ3) is 2.50. The van der Waals surface area contributed by atoms with Gasteiger partial charge < -0.3 is 10.1 Å². The SMILES string of the molecule is CCOC(c1nc(C)cc(NC)n1)C1CC1. The maximum atomic E-state index is 5.75. The van der Waals surface area contributed by atoms with Crippen molar-refractivity contribution in [2.75, 3.05) is 19.0 Å². The number of hydrogen-bond donors (Lipinski definition) is 1. The first-order valence-corrected chi connectivity index (χ1v) is 5.89. The number of nitrogens with zero attached hydrogens (tertiary/aromatic N) is 2. The maximum absolute atomic E-state index is 5.75. The average molecular weight is 221 g/mol. The summed E-state index contributed by atoms with van der Waals surface area (Å²) < 4.78 is 5.75. The Morgan fingerprint density at radius 3 is 2.81 bits per heavy atom. The summed E-state index contributed by atoms with van der Waals surface area (Å²) in [6.07, 6.45) is 2.55. The summed E-state index contributed by atoms with van der Waals surface area (Å²) in [5.74, 6) is 2.31. The van der Waals surface area contributed by atoms with E-state index in [0.717, 1.165) is 17.3 Å². The van der Waals surface area contributed by atoms with Crippen LogP contribution in [0.15, 0.2) is 6.07 Å². The number of ether oxygens (including phenoxy) is 1. The van der Waals surface area contributed by atoms with Crippen molar-refractivity contribution in [2.24, 2.45) is 5.92 Å². The van der Waals surface area contributed by atoms with Crippen molar-refractivity contribution in [3.8, 4) is 0 Å². The van der Waals surface area contributed by atoms with Crippen molar-refractivity contribution < 1.29 is 4.74 Å². The minimum absolute atomic E-state index is 0.0806. The number of rotatable bonds is 5. The van der Waals surface area contributed by atoms with Crippen molar-refractivity contribution in [1.29, 1.82) is 0 Å². The van der Waals surface area contributed by atoms with Crippen LogP contribution >= 0.6 is 0 Å². The van der Waals surface area contributed by atoms with Gasteiger partial charge in [0.15, 0.2) is 5.82 Å². The molecule has 1 aliphatic carbocycles. The molecular weight excluding hydrogens is 202 g/mol. The Kier molecular flexibility index (Phi) is 3.39. The topological polar surface area (TPSA) is 47.0 Å². The number of nitrogens with one attached hydrogen (secondary N) is 1. The van der Waals surface area contributed by atoms with Crippen LogP contribution in [-0.2, 0) is 4.74 Å². The van der Waals surface area contributed by atoms with Crippen LogP contribution in [-0.4, -0.2) is 23.6 Å². The highest BCUT2D eigenvalue weighted by molar-refractivity contribution is 5.35. The minimum atomic E-state index is 0.0806. The van der Waals surface area contributed by atoms with Crippen molar-refractivity contribution in [2.45, 2.75) is 32.8 Å². The molecule has 2 rings (SSSR count). The molecule has 0 radical (unpaired) electrons. The molecule has 4 heteroatoms. The van der Waals surface area contributed by atoms with Gasteiger partial charge in [0.1, 0.15) is 11.9 Å². The molecule has 0 bridgehead atoms. The molecule has 1 unspecified atom stereocenters. The standard InChI is InChI=1S/C12H19N3O/c1-4-16-11(9-5-6-9)12-14-8(2)7-10(13-3)15-12/h7,9,11H,4-6H2,1-3H3,(H,13,14,15). The van der Waals surface area contributed by atoms with Crippen LogP contribution < -0.4 is 5.32 Å². The van der Waals surface area contributed by atoms with Crippen LogP contribution in [0.25, 0.3) is 0 Å². The Morgan fingerprint density at radius 1 is 1.50 bits per heavy atom. The molecular formula is C12H19N3O. The summed E-state index contributed by atoms with van der Waals surface area (Å²) >= 11 is 0. The van der Waals surface area contributed by atoms with Gasteiger partial charge in [-0.1, -0.05) is 0 Å². The van der Waals surface area contributed by atoms with Gasteiger partial charge in [-0.25, -0.2) is 9.97 Å². The second-order valence-electron chi connectivity index (χ2n) is 4.22. The molecule has 0 aliphatic heterocycles. The van der Waals surface area contributed by atoms with Crippen LogP contribution in [0.1, 0.15) is 37.4 Å². The molecule has 0 amide bonds. The first kappa shape index (κ1) is 11.3. The second kappa shape index (κ2) is 4.78. The Morgan fingerprint density at radius 2 is 2.25 bits per heavy atom. The average Bonchev–Trinajstić information content (AvgIpc) is 3.08. The Labute approximate surface area is 96.4 Å². The fraction of sp³-hybridized carbons (Fsp3) is 0.667. The first-order valence-electron chi connectivity index (χ1n) is 5.89. The van der Waals surface area contributed by atoms with Crippen molar-refractivity contribution in [3.05, 3.63) is 17.6 Å². The monoisotopic (exact) mass is 221 g/mol. The van der Waals surface area contributed by atoms with Gasteiger partial charge in [0.2, 0.25) is 0 Å². The smallest absolute Gasteiger partial charge is 0.160 e. The van der Waals surface area contributed by atoms with E-state index in [2.05, 4.69) is 15.3 Å². The molecule has 1 saturated carbocycles. The van der Waals surface area contributed by atoms with Gasteiger partial charge in [-0.15, -0.1) is 0 Å². The Balaban J connectivity index is 2.25. The van der Waals surface area contributed by atoms with Gasteiger partial charge in [0, 0.05) is 25.4 Å². The van der Waals surface area contributed by atoms with E-state index in [1.54, 1.807) is 0 Å². The van der Waals surface area contributed by atoms with Gasteiger partial charge in [-0.2, -0.15) is 0 Å². The zero-order valence-corrected chi connectivity index (χ0v) is 10.2. The summed E-state index contributed by atoms with van der Waals surface area (Å²) in [6.45, 7) is 4.72. The van der Waals surface area contributed by atoms with Crippen LogP contribution in [0.5, 0.6) is 0 Å². The second-order valence-corrected chi connectivity index (χ2v) is 4.22. The summed E-state index contributed by atoms with van der Waals surface area (Å²) in [7, 11) is 1.87. The van der Waals surface area contributed by atoms with E-state index >= 15 is 0 Å². The van der Waals surface area contributed by atoms with E-state index in [-0.39, 0.29) is 6.10 Å². The maximum Gasteiger partial charge on any atom is 0.160 e. The van der Waals surface area contributed by atoms with Crippen LogP contribution in [0.4, 0.5) is 5.82 Å². The molecule has 1 heterocycles. The fourth-order valence-corrected chi connectivity index (χ4v) is 1.85. The van der Waals surface area contributed by atoms with Crippen LogP contribution in [0, 0.1) is 12.8 Å². The van der Waals surface area contributed by atoms with E-state index in [1.807, 2.05) is 27.0 Å². The molecule has 1 aromatic rings. The third-order valence-electron chi connectivity index (χ3n) is 2.78. The van der Waals surface area contributed by atoms with E-state index < -0.39 is 0 Å². The highest BCUT2D eigenvalue weighted by Gasteiger charge is 2.35. The molecule has 0 spiro atoms. The lowest BCUT2D eigenvalue weighted by Gasteiger charge is -2.16. The zero-order chi connectivity index (χ0) is 11.5.